The van der Waals surface area contributed by atoms with Crippen molar-refractivity contribution in [2.45, 2.75) is 51.5 Å². The molecule has 1 saturated heterocycles. The normalized spacial score (nSPS) is 29.2. The van der Waals surface area contributed by atoms with Gasteiger partial charge in [0, 0.05) is 18.6 Å². The number of hydrogen-bond donors (Lipinski definition) is 1. The van der Waals surface area contributed by atoms with Crippen LogP contribution in [0.3, 0.4) is 0 Å². The van der Waals surface area contributed by atoms with E-state index in [0.29, 0.717) is 5.54 Å². The zero-order chi connectivity index (χ0) is 10.7. The Bertz CT molecular complexity index is 195. The quantitative estimate of drug-likeness (QED) is 0.752. The van der Waals surface area contributed by atoms with Gasteiger partial charge in [-0.15, -0.1) is 0 Å². The topological polar surface area (TPSA) is 15.3 Å². The molecule has 0 bridgehead atoms. The Morgan fingerprint density at radius 3 is 2.67 bits per heavy atom. The van der Waals surface area contributed by atoms with Crippen molar-refractivity contribution in [3.63, 3.8) is 0 Å². The van der Waals surface area contributed by atoms with Crippen LogP contribution in [-0.2, 0) is 0 Å². The highest BCUT2D eigenvalue weighted by atomic mass is 15.2. The molecule has 1 aliphatic heterocycles. The second kappa shape index (κ2) is 4.84. The van der Waals surface area contributed by atoms with Crippen molar-refractivity contribution >= 4 is 0 Å². The maximum atomic E-state index is 3.63. The second-order valence-electron chi connectivity index (χ2n) is 6.05. The highest BCUT2D eigenvalue weighted by Crippen LogP contribution is 2.26. The van der Waals surface area contributed by atoms with E-state index in [9.17, 15) is 0 Å². The van der Waals surface area contributed by atoms with Crippen LogP contribution in [0.5, 0.6) is 0 Å². The van der Waals surface area contributed by atoms with Gasteiger partial charge in [0.25, 0.3) is 0 Å². The second-order valence-corrected chi connectivity index (χ2v) is 6.05. The lowest BCUT2D eigenvalue weighted by atomic mass is 10.0. The van der Waals surface area contributed by atoms with Crippen LogP contribution >= 0.6 is 0 Å². The molecule has 0 aromatic carbocycles. The molecule has 1 heterocycles. The summed E-state index contributed by atoms with van der Waals surface area (Å²) in [6.45, 7) is 9.73. The van der Waals surface area contributed by atoms with E-state index in [1.807, 2.05) is 0 Å². The molecule has 0 atom stereocenters. The molecule has 0 radical (unpaired) electrons. The van der Waals surface area contributed by atoms with Crippen molar-refractivity contribution in [3.8, 4) is 0 Å². The van der Waals surface area contributed by atoms with Gasteiger partial charge < -0.3 is 10.2 Å². The first-order valence-corrected chi connectivity index (χ1v) is 6.63. The summed E-state index contributed by atoms with van der Waals surface area (Å²) in [6.07, 6.45) is 7.21. The summed E-state index contributed by atoms with van der Waals surface area (Å²) in [7, 11) is 0. The Morgan fingerprint density at radius 2 is 1.93 bits per heavy atom. The molecule has 2 rings (SSSR count). The fourth-order valence-electron chi connectivity index (χ4n) is 3.14. The number of nitrogens with one attached hydrogen (secondary N) is 1. The Hall–Kier alpha value is -0.0800. The molecule has 2 heteroatoms. The van der Waals surface area contributed by atoms with Crippen LogP contribution in [0.1, 0.15) is 46.0 Å². The Kier molecular flexibility index (Phi) is 3.68. The van der Waals surface area contributed by atoms with Gasteiger partial charge in [0.2, 0.25) is 0 Å². The maximum Gasteiger partial charge on any atom is 0.0252 e. The molecule has 1 saturated carbocycles. The summed E-state index contributed by atoms with van der Waals surface area (Å²) >= 11 is 0. The molecule has 2 nitrogen and oxygen atoms in total. The molecule has 1 N–H and O–H groups in total. The predicted octanol–water partition coefficient (Wildman–Crippen LogP) is 2.25. The summed E-state index contributed by atoms with van der Waals surface area (Å²) in [5, 5.41) is 3.63. The lowest BCUT2D eigenvalue weighted by Crippen LogP contribution is -2.47. The van der Waals surface area contributed by atoms with Gasteiger partial charge in [-0.05, 0) is 52.1 Å². The van der Waals surface area contributed by atoms with Crippen LogP contribution in [0.15, 0.2) is 0 Å². The van der Waals surface area contributed by atoms with Crippen molar-refractivity contribution < 1.29 is 0 Å². The van der Waals surface area contributed by atoms with E-state index in [1.54, 1.807) is 0 Å². The van der Waals surface area contributed by atoms with E-state index in [1.165, 1.54) is 58.3 Å². The fraction of sp³-hybridized carbons (Fsp3) is 1.00. The molecule has 0 unspecified atom stereocenters. The molecule has 2 aliphatic rings. The maximum absolute atomic E-state index is 3.63. The van der Waals surface area contributed by atoms with Crippen LogP contribution in [0.25, 0.3) is 0 Å². The van der Waals surface area contributed by atoms with Gasteiger partial charge in [0.05, 0.1) is 0 Å². The van der Waals surface area contributed by atoms with E-state index in [4.69, 9.17) is 0 Å². The molecular weight excluding hydrogens is 184 g/mol. The smallest absolute Gasteiger partial charge is 0.0252 e. The van der Waals surface area contributed by atoms with Gasteiger partial charge in [0.15, 0.2) is 0 Å². The average molecular weight is 210 g/mol. The molecule has 88 valence electrons. The molecule has 0 aromatic rings. The zero-order valence-electron chi connectivity index (χ0n) is 10.4. The first kappa shape index (κ1) is 11.4. The minimum Gasteiger partial charge on any atom is -0.310 e. The molecule has 0 aromatic heterocycles. The van der Waals surface area contributed by atoms with E-state index in [-0.39, 0.29) is 0 Å². The van der Waals surface area contributed by atoms with Crippen molar-refractivity contribution in [2.24, 2.45) is 5.92 Å². The van der Waals surface area contributed by atoms with Crippen LogP contribution < -0.4 is 5.32 Å². The predicted molar refractivity (Wildman–Crippen MR) is 65.1 cm³/mol. The monoisotopic (exact) mass is 210 g/mol. The minimum atomic E-state index is 0.315. The number of rotatable bonds is 2. The van der Waals surface area contributed by atoms with Gasteiger partial charge in [-0.1, -0.05) is 12.8 Å². The van der Waals surface area contributed by atoms with E-state index >= 15 is 0 Å². The average Bonchev–Trinajstić information content (AvgIpc) is 2.58. The number of hydrogen-bond acceptors (Lipinski definition) is 2. The van der Waals surface area contributed by atoms with E-state index < -0.39 is 0 Å². The molecule has 0 spiro atoms. The van der Waals surface area contributed by atoms with Gasteiger partial charge in [-0.3, -0.25) is 0 Å². The fourth-order valence-corrected chi connectivity index (χ4v) is 3.14. The summed E-state index contributed by atoms with van der Waals surface area (Å²) < 4.78 is 0. The van der Waals surface area contributed by atoms with Crippen molar-refractivity contribution in [3.05, 3.63) is 0 Å². The van der Waals surface area contributed by atoms with Crippen LogP contribution in [0.2, 0.25) is 0 Å². The minimum absolute atomic E-state index is 0.315. The van der Waals surface area contributed by atoms with Gasteiger partial charge in [-0.25, -0.2) is 0 Å². The third-order valence-corrected chi connectivity index (χ3v) is 3.86. The van der Waals surface area contributed by atoms with E-state index in [2.05, 4.69) is 24.1 Å². The van der Waals surface area contributed by atoms with Crippen LogP contribution in [-0.4, -0.2) is 36.6 Å². The Morgan fingerprint density at radius 1 is 1.20 bits per heavy atom. The Balaban J connectivity index is 1.84. The third-order valence-electron chi connectivity index (χ3n) is 3.86. The largest absolute Gasteiger partial charge is 0.310 e. The SMILES string of the molecule is CC1(C)CN(CC2CCCC2)CCCN1. The molecule has 0 amide bonds. The molecule has 1 aliphatic carbocycles. The van der Waals surface area contributed by atoms with Crippen molar-refractivity contribution in [1.82, 2.24) is 10.2 Å². The van der Waals surface area contributed by atoms with Gasteiger partial charge in [0.1, 0.15) is 0 Å². The van der Waals surface area contributed by atoms with Gasteiger partial charge in [-0.2, -0.15) is 0 Å². The highest BCUT2D eigenvalue weighted by Gasteiger charge is 2.26. The summed E-state index contributed by atoms with van der Waals surface area (Å²) in [5.74, 6) is 0.999. The third kappa shape index (κ3) is 3.46. The molecule has 2 fully saturated rings. The molecule has 15 heavy (non-hydrogen) atoms. The summed E-state index contributed by atoms with van der Waals surface area (Å²) in [4.78, 5) is 2.69. The standard InChI is InChI=1S/C13H26N2/c1-13(2)11-15(9-5-8-14-13)10-12-6-3-4-7-12/h12,14H,3-11H2,1-2H3. The lowest BCUT2D eigenvalue weighted by molar-refractivity contribution is 0.201. The first-order valence-electron chi connectivity index (χ1n) is 6.63. The van der Waals surface area contributed by atoms with Gasteiger partial charge >= 0.3 is 0 Å². The van der Waals surface area contributed by atoms with Crippen LogP contribution in [0, 0.1) is 5.92 Å². The molecular formula is C13H26N2. The van der Waals surface area contributed by atoms with E-state index in [0.717, 1.165) is 5.92 Å². The lowest BCUT2D eigenvalue weighted by Gasteiger charge is -2.31. The number of nitrogens with zero attached hydrogens (tertiary/aromatic N) is 1. The highest BCUT2D eigenvalue weighted by molar-refractivity contribution is 4.86. The Labute approximate surface area is 94.4 Å². The zero-order valence-corrected chi connectivity index (χ0v) is 10.4. The summed E-state index contributed by atoms with van der Waals surface area (Å²) in [6, 6.07) is 0. The first-order chi connectivity index (χ1) is 7.16. The summed E-state index contributed by atoms with van der Waals surface area (Å²) in [5.41, 5.74) is 0.315. The van der Waals surface area contributed by atoms with Crippen molar-refractivity contribution in [1.29, 1.82) is 0 Å². The van der Waals surface area contributed by atoms with Crippen molar-refractivity contribution in [2.75, 3.05) is 26.2 Å². The van der Waals surface area contributed by atoms with Crippen LogP contribution in [0.4, 0.5) is 0 Å².